The number of rotatable bonds is 3. The van der Waals surface area contributed by atoms with E-state index in [4.69, 9.17) is 4.74 Å². The summed E-state index contributed by atoms with van der Waals surface area (Å²) in [5.41, 5.74) is 0.940. The molecular formula is C17H22NO3+. The molecule has 3 N–H and O–H groups in total. The predicted molar refractivity (Wildman–Crippen MR) is 81.8 cm³/mol. The van der Waals surface area contributed by atoms with Gasteiger partial charge < -0.3 is 19.8 Å². The Morgan fingerprint density at radius 3 is 2.86 bits per heavy atom. The van der Waals surface area contributed by atoms with Crippen molar-refractivity contribution in [3.8, 4) is 11.5 Å². The van der Waals surface area contributed by atoms with Crippen molar-refractivity contribution < 1.29 is 19.8 Å². The summed E-state index contributed by atoms with van der Waals surface area (Å²) in [7, 11) is 1.65. The highest BCUT2D eigenvalue weighted by molar-refractivity contribution is 5.88. The molecule has 0 spiro atoms. The number of nitrogens with one attached hydrogen (secondary N) is 1. The molecule has 1 aliphatic rings. The van der Waals surface area contributed by atoms with Crippen LogP contribution in [-0.2, 0) is 6.54 Å². The molecule has 112 valence electrons. The third-order valence-corrected chi connectivity index (χ3v) is 4.33. The number of phenolic OH excluding ortho intramolecular Hbond substituents is 1. The summed E-state index contributed by atoms with van der Waals surface area (Å²) in [5, 5.41) is 22.2. The van der Waals surface area contributed by atoms with Crippen molar-refractivity contribution in [2.24, 2.45) is 0 Å². The Labute approximate surface area is 124 Å². The van der Waals surface area contributed by atoms with Gasteiger partial charge in [-0.3, -0.25) is 0 Å². The molecule has 0 radical (unpaired) electrons. The van der Waals surface area contributed by atoms with E-state index in [0.29, 0.717) is 5.75 Å². The first-order valence-corrected chi connectivity index (χ1v) is 7.47. The number of aliphatic hydroxyl groups excluding tert-OH is 1. The number of likely N-dealkylation sites (tertiary alicyclic amines) is 1. The molecule has 1 heterocycles. The monoisotopic (exact) mass is 288 g/mol. The van der Waals surface area contributed by atoms with Gasteiger partial charge in [-0.15, -0.1) is 0 Å². The zero-order chi connectivity index (χ0) is 14.8. The number of quaternary nitrogens is 1. The summed E-state index contributed by atoms with van der Waals surface area (Å²) in [6.45, 7) is 2.52. The average Bonchev–Trinajstić information content (AvgIpc) is 2.50. The lowest BCUT2D eigenvalue weighted by molar-refractivity contribution is -0.921. The van der Waals surface area contributed by atoms with Gasteiger partial charge in [0.15, 0.2) is 0 Å². The van der Waals surface area contributed by atoms with Crippen molar-refractivity contribution in [2.75, 3.05) is 20.2 Å². The van der Waals surface area contributed by atoms with E-state index in [1.54, 1.807) is 13.2 Å². The van der Waals surface area contributed by atoms with Crippen molar-refractivity contribution in [3.63, 3.8) is 0 Å². The van der Waals surface area contributed by atoms with Gasteiger partial charge in [0.2, 0.25) is 0 Å². The molecule has 0 aromatic heterocycles. The van der Waals surface area contributed by atoms with E-state index in [9.17, 15) is 10.2 Å². The summed E-state index contributed by atoms with van der Waals surface area (Å²) < 4.78 is 5.30. The van der Waals surface area contributed by atoms with E-state index in [2.05, 4.69) is 0 Å². The van der Waals surface area contributed by atoms with Gasteiger partial charge in [0, 0.05) is 0 Å². The van der Waals surface area contributed by atoms with Crippen LogP contribution in [0.25, 0.3) is 10.8 Å². The standard InChI is InChI=1S/C17H21NO3/c1-21-14-6-4-12-5-7-17(20)16(15(12)9-14)11-18-8-2-3-13(19)10-18/h4-7,9,13,19-20H,2-3,8,10-11H2,1H3/p+1/t13-/m0/s1. The second-order valence-corrected chi connectivity index (χ2v) is 5.83. The van der Waals surface area contributed by atoms with Crippen LogP contribution in [0, 0.1) is 0 Å². The first-order valence-electron chi connectivity index (χ1n) is 7.47. The van der Waals surface area contributed by atoms with Crippen LogP contribution >= 0.6 is 0 Å². The molecular weight excluding hydrogens is 266 g/mol. The fourth-order valence-electron chi connectivity index (χ4n) is 3.20. The lowest BCUT2D eigenvalue weighted by atomic mass is 10.0. The van der Waals surface area contributed by atoms with Gasteiger partial charge in [-0.1, -0.05) is 12.1 Å². The van der Waals surface area contributed by atoms with Crippen molar-refractivity contribution in [2.45, 2.75) is 25.5 Å². The SMILES string of the molecule is COc1ccc2ccc(O)c(C[NH+]3CCC[C@H](O)C3)c2c1. The Morgan fingerprint density at radius 2 is 2.10 bits per heavy atom. The van der Waals surface area contributed by atoms with Crippen molar-refractivity contribution in [3.05, 3.63) is 35.9 Å². The maximum atomic E-state index is 10.3. The minimum atomic E-state index is -0.222. The third-order valence-electron chi connectivity index (χ3n) is 4.33. The summed E-state index contributed by atoms with van der Waals surface area (Å²) in [6.07, 6.45) is 1.70. The largest absolute Gasteiger partial charge is 0.507 e. The molecule has 0 saturated carbocycles. The van der Waals surface area contributed by atoms with Crippen LogP contribution in [0.15, 0.2) is 30.3 Å². The van der Waals surface area contributed by atoms with E-state index in [-0.39, 0.29) is 6.10 Å². The molecule has 2 atom stereocenters. The first kappa shape index (κ1) is 14.2. The van der Waals surface area contributed by atoms with Crippen molar-refractivity contribution >= 4 is 10.8 Å². The zero-order valence-corrected chi connectivity index (χ0v) is 12.3. The summed E-state index contributed by atoms with van der Waals surface area (Å²) >= 11 is 0. The Kier molecular flexibility index (Phi) is 3.99. The van der Waals surface area contributed by atoms with Crippen LogP contribution in [0.4, 0.5) is 0 Å². The van der Waals surface area contributed by atoms with E-state index in [1.807, 2.05) is 24.3 Å². The smallest absolute Gasteiger partial charge is 0.125 e. The van der Waals surface area contributed by atoms with Gasteiger partial charge in [-0.05, 0) is 41.8 Å². The normalized spacial score (nSPS) is 22.4. The van der Waals surface area contributed by atoms with Crippen LogP contribution in [0.2, 0.25) is 0 Å². The number of fused-ring (bicyclic) bond motifs is 1. The average molecular weight is 288 g/mol. The third kappa shape index (κ3) is 2.96. The molecule has 1 saturated heterocycles. The number of aliphatic hydroxyl groups is 1. The molecule has 4 nitrogen and oxygen atoms in total. The van der Waals surface area contributed by atoms with Gasteiger partial charge >= 0.3 is 0 Å². The first-order chi connectivity index (χ1) is 10.2. The lowest BCUT2D eigenvalue weighted by Crippen LogP contribution is -3.12. The number of phenols is 1. The second kappa shape index (κ2) is 5.92. The van der Waals surface area contributed by atoms with Gasteiger partial charge in [-0.25, -0.2) is 0 Å². The minimum absolute atomic E-state index is 0.222. The highest BCUT2D eigenvalue weighted by Crippen LogP contribution is 2.29. The Hall–Kier alpha value is -1.78. The molecule has 1 aliphatic heterocycles. The molecule has 2 aromatic carbocycles. The Morgan fingerprint density at radius 1 is 1.29 bits per heavy atom. The Balaban J connectivity index is 1.97. The maximum absolute atomic E-state index is 10.3. The lowest BCUT2D eigenvalue weighted by Gasteiger charge is -2.27. The quantitative estimate of drug-likeness (QED) is 0.792. The highest BCUT2D eigenvalue weighted by Gasteiger charge is 2.23. The molecule has 1 fully saturated rings. The predicted octanol–water partition coefficient (Wildman–Crippen LogP) is 1.09. The van der Waals surface area contributed by atoms with Crippen LogP contribution in [-0.4, -0.2) is 36.5 Å². The van der Waals surface area contributed by atoms with Crippen LogP contribution in [0.1, 0.15) is 18.4 Å². The molecule has 21 heavy (non-hydrogen) atoms. The van der Waals surface area contributed by atoms with Crippen molar-refractivity contribution in [1.29, 1.82) is 0 Å². The van der Waals surface area contributed by atoms with Gasteiger partial charge in [0.1, 0.15) is 30.7 Å². The highest BCUT2D eigenvalue weighted by atomic mass is 16.5. The second-order valence-electron chi connectivity index (χ2n) is 5.83. The Bertz CT molecular complexity index is 641. The molecule has 0 bridgehead atoms. The van der Waals surface area contributed by atoms with Crippen LogP contribution < -0.4 is 9.64 Å². The number of methoxy groups -OCH3 is 1. The molecule has 0 amide bonds. The molecule has 3 rings (SSSR count). The van der Waals surface area contributed by atoms with Gasteiger partial charge in [-0.2, -0.15) is 0 Å². The minimum Gasteiger partial charge on any atom is -0.507 e. The maximum Gasteiger partial charge on any atom is 0.125 e. The molecule has 1 unspecified atom stereocenters. The summed E-state index contributed by atoms with van der Waals surface area (Å²) in [5.74, 6) is 1.12. The number of piperidine rings is 1. The number of aromatic hydroxyl groups is 1. The number of benzene rings is 2. The number of hydrogen-bond acceptors (Lipinski definition) is 3. The van der Waals surface area contributed by atoms with E-state index in [1.165, 1.54) is 4.90 Å². The van der Waals surface area contributed by atoms with E-state index >= 15 is 0 Å². The fraction of sp³-hybridized carbons (Fsp3) is 0.412. The molecule has 2 aromatic rings. The van der Waals surface area contributed by atoms with Gasteiger partial charge in [0.25, 0.3) is 0 Å². The molecule has 4 heteroatoms. The van der Waals surface area contributed by atoms with Crippen molar-refractivity contribution in [1.82, 2.24) is 0 Å². The van der Waals surface area contributed by atoms with E-state index in [0.717, 1.165) is 54.6 Å². The van der Waals surface area contributed by atoms with E-state index < -0.39 is 0 Å². The molecule has 0 aliphatic carbocycles. The summed E-state index contributed by atoms with van der Waals surface area (Å²) in [4.78, 5) is 1.32. The number of hydrogen-bond donors (Lipinski definition) is 3. The van der Waals surface area contributed by atoms with Gasteiger partial charge in [0.05, 0.1) is 19.2 Å². The fourth-order valence-corrected chi connectivity index (χ4v) is 3.20. The number of ether oxygens (including phenoxy) is 1. The zero-order valence-electron chi connectivity index (χ0n) is 12.3. The van der Waals surface area contributed by atoms with Crippen LogP contribution in [0.5, 0.6) is 11.5 Å². The van der Waals surface area contributed by atoms with Crippen LogP contribution in [0.3, 0.4) is 0 Å². The topological polar surface area (TPSA) is 54.1 Å². The summed E-state index contributed by atoms with van der Waals surface area (Å²) in [6, 6.07) is 9.60.